The van der Waals surface area contributed by atoms with Crippen LogP contribution >= 0.6 is 15.9 Å². The lowest BCUT2D eigenvalue weighted by Gasteiger charge is -2.21. The summed E-state index contributed by atoms with van der Waals surface area (Å²) in [5.41, 5.74) is 1.17. The normalized spacial score (nSPS) is 10.9. The van der Waals surface area contributed by atoms with Crippen molar-refractivity contribution in [3.63, 3.8) is 0 Å². The van der Waals surface area contributed by atoms with Gasteiger partial charge in [0.1, 0.15) is 5.76 Å². The van der Waals surface area contributed by atoms with Gasteiger partial charge in [-0.05, 0) is 30.8 Å². The molecule has 4 nitrogen and oxygen atoms in total. The number of benzene rings is 1. The molecule has 0 unspecified atom stereocenters. The lowest BCUT2D eigenvalue weighted by atomic mass is 10.2. The summed E-state index contributed by atoms with van der Waals surface area (Å²) in [6, 6.07) is 11.7. The minimum atomic E-state index is 0.0703. The number of likely N-dealkylation sites (N-methyl/N-ethyl adjacent to an activating group) is 2. The maximum atomic E-state index is 12.2. The van der Waals surface area contributed by atoms with Crippen LogP contribution in [0, 0.1) is 0 Å². The molecule has 0 aliphatic rings. The molecule has 1 aromatic heterocycles. The quantitative estimate of drug-likeness (QED) is 0.802. The maximum absolute atomic E-state index is 12.2. The van der Waals surface area contributed by atoms with E-state index >= 15 is 0 Å². The van der Waals surface area contributed by atoms with Crippen molar-refractivity contribution in [2.45, 2.75) is 13.1 Å². The average Bonchev–Trinajstić information content (AvgIpc) is 2.94. The zero-order valence-electron chi connectivity index (χ0n) is 12.3. The fourth-order valence-corrected chi connectivity index (χ4v) is 2.46. The van der Waals surface area contributed by atoms with Gasteiger partial charge in [0.25, 0.3) is 0 Å². The van der Waals surface area contributed by atoms with E-state index in [4.69, 9.17) is 4.42 Å². The van der Waals surface area contributed by atoms with Gasteiger partial charge in [0.15, 0.2) is 0 Å². The van der Waals surface area contributed by atoms with Crippen molar-refractivity contribution in [3.8, 4) is 0 Å². The highest BCUT2D eigenvalue weighted by Gasteiger charge is 2.14. The molecule has 21 heavy (non-hydrogen) atoms. The summed E-state index contributed by atoms with van der Waals surface area (Å²) < 4.78 is 6.32. The van der Waals surface area contributed by atoms with Crippen LogP contribution in [0.25, 0.3) is 0 Å². The summed E-state index contributed by atoms with van der Waals surface area (Å²) in [7, 11) is 3.73. The molecule has 0 atom stereocenters. The Morgan fingerprint density at radius 3 is 2.57 bits per heavy atom. The Labute approximate surface area is 133 Å². The number of hydrogen-bond donors (Lipinski definition) is 0. The zero-order chi connectivity index (χ0) is 15.2. The molecule has 5 heteroatoms. The van der Waals surface area contributed by atoms with Crippen molar-refractivity contribution < 1.29 is 9.21 Å². The Bertz CT molecular complexity index is 584. The number of carbonyl (C=O) groups is 1. The van der Waals surface area contributed by atoms with Crippen LogP contribution in [0.15, 0.2) is 51.6 Å². The van der Waals surface area contributed by atoms with Gasteiger partial charge >= 0.3 is 0 Å². The third kappa shape index (κ3) is 4.72. The highest BCUT2D eigenvalue weighted by atomic mass is 79.9. The minimum Gasteiger partial charge on any atom is -0.467 e. The molecule has 0 fully saturated rings. The van der Waals surface area contributed by atoms with Gasteiger partial charge in [-0.1, -0.05) is 34.1 Å². The number of furan rings is 1. The van der Waals surface area contributed by atoms with Gasteiger partial charge < -0.3 is 9.32 Å². The van der Waals surface area contributed by atoms with Crippen LogP contribution < -0.4 is 0 Å². The Hall–Kier alpha value is -1.59. The molecule has 0 radical (unpaired) electrons. The number of amides is 1. The van der Waals surface area contributed by atoms with Gasteiger partial charge in [0.2, 0.25) is 5.91 Å². The van der Waals surface area contributed by atoms with Gasteiger partial charge in [-0.2, -0.15) is 0 Å². The molecule has 2 rings (SSSR count). The molecule has 1 heterocycles. The van der Waals surface area contributed by atoms with E-state index in [1.165, 1.54) is 5.56 Å². The highest BCUT2D eigenvalue weighted by molar-refractivity contribution is 9.10. The number of nitrogens with zero attached hydrogens (tertiary/aromatic N) is 2. The summed E-state index contributed by atoms with van der Waals surface area (Å²) in [6.45, 7) is 1.59. The zero-order valence-corrected chi connectivity index (χ0v) is 13.8. The predicted molar refractivity (Wildman–Crippen MR) is 85.7 cm³/mol. The molecule has 0 spiro atoms. The number of rotatable bonds is 6. The molecular weight excluding hydrogens is 332 g/mol. The second-order valence-corrected chi connectivity index (χ2v) is 5.95. The third-order valence-electron chi connectivity index (χ3n) is 3.20. The lowest BCUT2D eigenvalue weighted by molar-refractivity contribution is -0.131. The largest absolute Gasteiger partial charge is 0.467 e. The predicted octanol–water partition coefficient (Wildman–Crippen LogP) is 3.13. The Morgan fingerprint density at radius 1 is 1.14 bits per heavy atom. The third-order valence-corrected chi connectivity index (χ3v) is 3.98. The fraction of sp³-hybridized carbons (Fsp3) is 0.312. The van der Waals surface area contributed by atoms with E-state index < -0.39 is 0 Å². The van der Waals surface area contributed by atoms with Crippen LogP contribution in [0.2, 0.25) is 0 Å². The van der Waals surface area contributed by atoms with E-state index in [-0.39, 0.29) is 5.91 Å². The molecule has 0 bridgehead atoms. The van der Waals surface area contributed by atoms with Crippen molar-refractivity contribution in [1.82, 2.24) is 9.80 Å². The summed E-state index contributed by atoms with van der Waals surface area (Å²) in [5, 5.41) is 0. The number of hydrogen-bond acceptors (Lipinski definition) is 3. The second kappa shape index (κ2) is 7.43. The molecule has 1 amide bonds. The van der Waals surface area contributed by atoms with Crippen molar-refractivity contribution in [1.29, 1.82) is 0 Å². The van der Waals surface area contributed by atoms with E-state index in [0.717, 1.165) is 16.8 Å². The highest BCUT2D eigenvalue weighted by Crippen LogP contribution is 2.17. The van der Waals surface area contributed by atoms with Crippen LogP contribution in [-0.2, 0) is 17.9 Å². The van der Waals surface area contributed by atoms with Crippen molar-refractivity contribution in [3.05, 3.63) is 58.5 Å². The van der Waals surface area contributed by atoms with E-state index in [1.54, 1.807) is 18.2 Å². The van der Waals surface area contributed by atoms with E-state index in [0.29, 0.717) is 13.1 Å². The van der Waals surface area contributed by atoms with E-state index in [9.17, 15) is 4.79 Å². The van der Waals surface area contributed by atoms with Gasteiger partial charge in [0, 0.05) is 18.1 Å². The topological polar surface area (TPSA) is 36.7 Å². The first-order chi connectivity index (χ1) is 10.1. The monoisotopic (exact) mass is 350 g/mol. The smallest absolute Gasteiger partial charge is 0.236 e. The van der Waals surface area contributed by atoms with Gasteiger partial charge in [-0.3, -0.25) is 9.69 Å². The van der Waals surface area contributed by atoms with Crippen molar-refractivity contribution in [2.24, 2.45) is 0 Å². The number of carbonyl (C=O) groups excluding carboxylic acids is 1. The molecule has 0 N–H and O–H groups in total. The first-order valence-electron chi connectivity index (χ1n) is 6.74. The second-order valence-electron chi connectivity index (χ2n) is 5.09. The molecular formula is C16H19BrN2O2. The molecule has 2 aromatic rings. The number of halogens is 1. The molecule has 112 valence electrons. The van der Waals surface area contributed by atoms with Gasteiger partial charge in [-0.15, -0.1) is 0 Å². The van der Waals surface area contributed by atoms with Gasteiger partial charge in [-0.25, -0.2) is 0 Å². The minimum absolute atomic E-state index is 0.0703. The van der Waals surface area contributed by atoms with Crippen LogP contribution in [0.1, 0.15) is 11.3 Å². The summed E-state index contributed by atoms with van der Waals surface area (Å²) in [4.78, 5) is 15.9. The fourth-order valence-electron chi connectivity index (χ4n) is 2.05. The van der Waals surface area contributed by atoms with E-state index in [2.05, 4.69) is 22.0 Å². The molecule has 0 saturated carbocycles. The van der Waals surface area contributed by atoms with Gasteiger partial charge in [0.05, 0.1) is 19.4 Å². The van der Waals surface area contributed by atoms with Crippen LogP contribution in [-0.4, -0.2) is 36.3 Å². The first-order valence-corrected chi connectivity index (χ1v) is 7.54. The van der Waals surface area contributed by atoms with Crippen molar-refractivity contribution >= 4 is 21.8 Å². The lowest BCUT2D eigenvalue weighted by Crippen LogP contribution is -2.36. The van der Waals surface area contributed by atoms with Crippen molar-refractivity contribution in [2.75, 3.05) is 20.6 Å². The first kappa shape index (κ1) is 15.8. The maximum Gasteiger partial charge on any atom is 0.236 e. The van der Waals surface area contributed by atoms with E-state index in [1.807, 2.05) is 42.3 Å². The molecule has 0 aliphatic heterocycles. The SMILES string of the molecule is CN(CC(=O)N(C)Cc1ccco1)Cc1ccccc1Br. The molecule has 1 aromatic carbocycles. The summed E-state index contributed by atoms with van der Waals surface area (Å²) in [6.07, 6.45) is 1.62. The molecule has 0 aliphatic carbocycles. The Kier molecular flexibility index (Phi) is 5.59. The summed E-state index contributed by atoms with van der Waals surface area (Å²) >= 11 is 3.53. The van der Waals surface area contributed by atoms with Crippen LogP contribution in [0.5, 0.6) is 0 Å². The standard InChI is InChI=1S/C16H19BrN2O2/c1-18(10-13-6-3-4-8-15(13)17)12-16(20)19(2)11-14-7-5-9-21-14/h3-9H,10-12H2,1-2H3. The average molecular weight is 351 g/mol. The molecule has 0 saturated heterocycles. The Morgan fingerprint density at radius 2 is 1.90 bits per heavy atom. The van der Waals surface area contributed by atoms with Crippen LogP contribution in [0.4, 0.5) is 0 Å². The van der Waals surface area contributed by atoms with Crippen LogP contribution in [0.3, 0.4) is 0 Å². The Balaban J connectivity index is 1.85. The summed E-state index contributed by atoms with van der Waals surface area (Å²) in [5.74, 6) is 0.861.